The van der Waals surface area contributed by atoms with E-state index in [1.54, 1.807) is 11.3 Å². The maximum absolute atomic E-state index is 4.97. The van der Waals surface area contributed by atoms with Gasteiger partial charge in [-0.2, -0.15) is 0 Å². The molecule has 0 spiro atoms. The summed E-state index contributed by atoms with van der Waals surface area (Å²) in [4.78, 5) is 10.9. The van der Waals surface area contributed by atoms with Crippen molar-refractivity contribution in [2.24, 2.45) is 0 Å². The van der Waals surface area contributed by atoms with Gasteiger partial charge >= 0.3 is 0 Å². The second-order valence-corrected chi connectivity index (χ2v) is 8.59. The Hall–Kier alpha value is -3.17. The van der Waals surface area contributed by atoms with Gasteiger partial charge in [-0.15, -0.1) is 59.5 Å². The van der Waals surface area contributed by atoms with Crippen molar-refractivity contribution in [3.8, 4) is 21.8 Å². The predicted molar refractivity (Wildman–Crippen MR) is 132 cm³/mol. The molecule has 0 amide bonds. The normalized spacial score (nSPS) is 10.9. The van der Waals surface area contributed by atoms with Crippen LogP contribution in [0.3, 0.4) is 0 Å². The Labute approximate surface area is 210 Å². The zero-order valence-electron chi connectivity index (χ0n) is 17.5. The zero-order valence-corrected chi connectivity index (χ0v) is 20.7. The van der Waals surface area contributed by atoms with Crippen LogP contribution in [0, 0.1) is 18.6 Å². The number of nitrogens with zero attached hydrogens (tertiary/aromatic N) is 2. The van der Waals surface area contributed by atoms with Gasteiger partial charge in [0.05, 0.1) is 6.42 Å². The Balaban J connectivity index is 0.00000228. The number of hydrogen-bond acceptors (Lipinski definition) is 3. The summed E-state index contributed by atoms with van der Waals surface area (Å²) in [7, 11) is 0. The fraction of sp³-hybridized carbons (Fsp3) is 0. The van der Waals surface area contributed by atoms with Gasteiger partial charge in [0, 0.05) is 37.2 Å². The van der Waals surface area contributed by atoms with E-state index in [0.29, 0.717) is 0 Å². The molecule has 0 bridgehead atoms. The summed E-state index contributed by atoms with van der Waals surface area (Å²) in [5, 5.41) is 3.40. The first kappa shape index (κ1) is 21.7. The minimum absolute atomic E-state index is 0. The molecular formula is C29H17IrN2S-2. The average Bonchev–Trinajstić information content (AvgIpc) is 3.29. The predicted octanol–water partition coefficient (Wildman–Crippen LogP) is 7.38. The van der Waals surface area contributed by atoms with Crippen LogP contribution < -0.4 is 0 Å². The average molecular weight is 618 g/mol. The molecule has 0 saturated carbocycles. The molecule has 4 heteroatoms. The van der Waals surface area contributed by atoms with E-state index < -0.39 is 0 Å². The second-order valence-electron chi connectivity index (χ2n) is 7.54. The number of fused-ring (bicyclic) bond motifs is 2. The van der Waals surface area contributed by atoms with Crippen molar-refractivity contribution >= 4 is 32.2 Å². The molecule has 0 N–H and O–H groups in total. The molecule has 0 fully saturated rings. The van der Waals surface area contributed by atoms with E-state index >= 15 is 0 Å². The largest absolute Gasteiger partial charge is 0.300 e. The summed E-state index contributed by atoms with van der Waals surface area (Å²) in [5.74, 6) is 0. The van der Waals surface area contributed by atoms with Crippen LogP contribution in [0.1, 0.15) is 11.4 Å². The van der Waals surface area contributed by atoms with Crippen LogP contribution in [0.15, 0.2) is 97.1 Å². The number of pyridine rings is 2. The molecule has 0 aliphatic carbocycles. The Kier molecular flexibility index (Phi) is 6.15. The Bertz CT molecular complexity index is 1520. The molecule has 0 atom stereocenters. The fourth-order valence-corrected chi connectivity index (χ4v) is 4.86. The van der Waals surface area contributed by atoms with Gasteiger partial charge in [-0.25, -0.2) is 11.3 Å². The second kappa shape index (κ2) is 9.36. The zero-order chi connectivity index (χ0) is 21.3. The first-order valence-corrected chi connectivity index (χ1v) is 11.2. The molecule has 0 aliphatic rings. The fourth-order valence-electron chi connectivity index (χ4n) is 3.88. The molecular weight excluding hydrogens is 601 g/mol. The van der Waals surface area contributed by atoms with Crippen molar-refractivity contribution in [1.82, 2.24) is 9.97 Å². The van der Waals surface area contributed by atoms with Gasteiger partial charge in [0.2, 0.25) is 0 Å². The Morgan fingerprint density at radius 1 is 0.758 bits per heavy atom. The summed E-state index contributed by atoms with van der Waals surface area (Å²) in [6.45, 7) is 0. The summed E-state index contributed by atoms with van der Waals surface area (Å²) in [6, 6.07) is 39.6. The maximum atomic E-state index is 4.97. The van der Waals surface area contributed by atoms with E-state index in [0.717, 1.165) is 49.4 Å². The van der Waals surface area contributed by atoms with Crippen LogP contribution in [0.2, 0.25) is 0 Å². The SMILES string of the molecule is [Ir].[c-]1ccccc1-c1nc([CH]c2cccc(-c3[c-]c4ccccc4s3)n2)cc2ccccc12. The molecule has 6 aromatic rings. The van der Waals surface area contributed by atoms with Gasteiger partial charge in [-0.1, -0.05) is 48.5 Å². The van der Waals surface area contributed by atoms with Gasteiger partial charge in [-0.05, 0) is 38.2 Å². The number of hydrogen-bond donors (Lipinski definition) is 0. The molecule has 2 nitrogen and oxygen atoms in total. The van der Waals surface area contributed by atoms with Crippen LogP contribution in [-0.2, 0) is 20.1 Å². The number of benzene rings is 3. The van der Waals surface area contributed by atoms with Gasteiger partial charge in [0.15, 0.2) is 0 Å². The van der Waals surface area contributed by atoms with Gasteiger partial charge in [0.25, 0.3) is 0 Å². The third-order valence-corrected chi connectivity index (χ3v) is 6.46. The van der Waals surface area contributed by atoms with Gasteiger partial charge in [0.1, 0.15) is 0 Å². The summed E-state index contributed by atoms with van der Waals surface area (Å²) in [5.41, 5.74) is 4.60. The summed E-state index contributed by atoms with van der Waals surface area (Å²) in [6.07, 6.45) is 2.04. The Morgan fingerprint density at radius 2 is 1.61 bits per heavy atom. The minimum atomic E-state index is 0. The molecule has 0 unspecified atom stereocenters. The van der Waals surface area contributed by atoms with E-state index in [4.69, 9.17) is 9.97 Å². The molecule has 3 aromatic heterocycles. The van der Waals surface area contributed by atoms with Crippen molar-refractivity contribution in [2.75, 3.05) is 0 Å². The van der Waals surface area contributed by atoms with Gasteiger partial charge in [-0.3, -0.25) is 9.97 Å². The number of rotatable bonds is 4. The number of aromatic nitrogens is 2. The van der Waals surface area contributed by atoms with E-state index in [2.05, 4.69) is 60.7 Å². The third kappa shape index (κ3) is 4.38. The van der Waals surface area contributed by atoms with Crippen LogP contribution in [0.5, 0.6) is 0 Å². The molecule has 2 radical (unpaired) electrons. The topological polar surface area (TPSA) is 25.8 Å². The minimum Gasteiger partial charge on any atom is -0.300 e. The van der Waals surface area contributed by atoms with E-state index in [9.17, 15) is 0 Å². The van der Waals surface area contributed by atoms with Crippen LogP contribution in [-0.4, -0.2) is 9.97 Å². The van der Waals surface area contributed by atoms with Crippen molar-refractivity contribution in [3.05, 3.63) is 127 Å². The monoisotopic (exact) mass is 618 g/mol. The smallest absolute Gasteiger partial charge is 0.0556 e. The van der Waals surface area contributed by atoms with Crippen LogP contribution in [0.4, 0.5) is 0 Å². The third-order valence-electron chi connectivity index (χ3n) is 5.37. The standard InChI is InChI=1S/C29H17N2S.Ir/c1-2-9-20(10-3-1)29-25-14-6-4-11-21(25)17-24(31-29)19-23-13-8-15-26(30-23)28-18-22-12-5-7-16-27(22)32-28;/h1-9,11-17,19H;/q-2;. The first-order chi connectivity index (χ1) is 15.8. The van der Waals surface area contributed by atoms with E-state index in [1.165, 1.54) is 4.70 Å². The van der Waals surface area contributed by atoms with E-state index in [-0.39, 0.29) is 20.1 Å². The summed E-state index contributed by atoms with van der Waals surface area (Å²) >= 11 is 1.72. The van der Waals surface area contributed by atoms with Crippen LogP contribution >= 0.6 is 11.3 Å². The number of thiophene rings is 1. The Morgan fingerprint density at radius 3 is 2.48 bits per heavy atom. The quantitative estimate of drug-likeness (QED) is 0.193. The van der Waals surface area contributed by atoms with Crippen molar-refractivity contribution in [1.29, 1.82) is 0 Å². The van der Waals surface area contributed by atoms with Crippen molar-refractivity contribution in [3.63, 3.8) is 0 Å². The molecule has 0 saturated heterocycles. The molecule has 160 valence electrons. The molecule has 3 aromatic carbocycles. The van der Waals surface area contributed by atoms with Crippen molar-refractivity contribution in [2.45, 2.75) is 0 Å². The first-order valence-electron chi connectivity index (χ1n) is 10.4. The van der Waals surface area contributed by atoms with E-state index in [1.807, 2.05) is 55.0 Å². The molecule has 6 rings (SSSR count). The summed E-state index contributed by atoms with van der Waals surface area (Å²) < 4.78 is 1.22. The van der Waals surface area contributed by atoms with Gasteiger partial charge < -0.3 is 0 Å². The van der Waals surface area contributed by atoms with Crippen molar-refractivity contribution < 1.29 is 20.1 Å². The molecule has 3 heterocycles. The van der Waals surface area contributed by atoms with Crippen LogP contribution in [0.25, 0.3) is 42.7 Å². The maximum Gasteiger partial charge on any atom is 0.0556 e. The molecule has 33 heavy (non-hydrogen) atoms. The molecule has 0 aliphatic heterocycles.